The molecule has 1 atom stereocenters. The summed E-state index contributed by atoms with van der Waals surface area (Å²) in [5.74, 6) is 0.585. The minimum absolute atomic E-state index is 0.0464. The molecule has 152 valence electrons. The number of β-amino-alcohol motifs (C(OH)–C–C–N with tert-alkyl or cyclic N) is 1. The van der Waals surface area contributed by atoms with Crippen LogP contribution >= 0.6 is 0 Å². The van der Waals surface area contributed by atoms with Gasteiger partial charge in [-0.2, -0.15) is 5.10 Å². The van der Waals surface area contributed by atoms with E-state index in [0.29, 0.717) is 36.8 Å². The molecule has 1 saturated heterocycles. The molecule has 0 bridgehead atoms. The van der Waals surface area contributed by atoms with Crippen LogP contribution in [0.15, 0.2) is 59.2 Å². The van der Waals surface area contributed by atoms with Crippen LogP contribution in [0.2, 0.25) is 0 Å². The maximum atomic E-state index is 13.3. The van der Waals surface area contributed by atoms with E-state index >= 15 is 0 Å². The topological polar surface area (TPSA) is 74.7 Å². The molecule has 1 aliphatic rings. The smallest absolute Gasteiger partial charge is 0.272 e. The van der Waals surface area contributed by atoms with E-state index in [1.165, 1.54) is 0 Å². The highest BCUT2D eigenvalue weighted by Gasteiger charge is 2.27. The third-order valence-electron chi connectivity index (χ3n) is 5.30. The van der Waals surface area contributed by atoms with E-state index in [1.807, 2.05) is 54.3 Å². The summed E-state index contributed by atoms with van der Waals surface area (Å²) in [4.78, 5) is 17.4. The molecule has 3 aromatic rings. The monoisotopic (exact) mass is 394 g/mol. The summed E-state index contributed by atoms with van der Waals surface area (Å²) < 4.78 is 7.17. The number of carbonyl (C=O) groups excluding carboxylic acids is 1. The molecule has 1 amide bonds. The fraction of sp³-hybridized carbons (Fsp3) is 0.364. The van der Waals surface area contributed by atoms with Crippen LogP contribution in [-0.4, -0.2) is 69.4 Å². The first-order valence-corrected chi connectivity index (χ1v) is 10.0. The first-order chi connectivity index (χ1) is 14.2. The van der Waals surface area contributed by atoms with E-state index in [1.54, 1.807) is 17.0 Å². The number of hydrogen-bond acceptors (Lipinski definition) is 5. The zero-order chi connectivity index (χ0) is 20.2. The number of carbonyl (C=O) groups is 1. The second-order valence-corrected chi connectivity index (χ2v) is 7.29. The average Bonchev–Trinajstić information content (AvgIpc) is 3.44. The molecule has 0 unspecified atom stereocenters. The largest absolute Gasteiger partial charge is 0.463 e. The molecule has 2 aromatic heterocycles. The first kappa shape index (κ1) is 19.4. The fourth-order valence-corrected chi connectivity index (χ4v) is 3.57. The van der Waals surface area contributed by atoms with Gasteiger partial charge < -0.3 is 14.4 Å². The maximum absolute atomic E-state index is 13.3. The van der Waals surface area contributed by atoms with Crippen LogP contribution in [0.5, 0.6) is 0 Å². The van der Waals surface area contributed by atoms with Gasteiger partial charge in [-0.15, -0.1) is 0 Å². The molecule has 1 aliphatic heterocycles. The van der Waals surface area contributed by atoms with Crippen molar-refractivity contribution in [2.75, 3.05) is 32.7 Å². The molecule has 7 nitrogen and oxygen atoms in total. The second-order valence-electron chi connectivity index (χ2n) is 7.29. The number of amides is 1. The highest BCUT2D eigenvalue weighted by atomic mass is 16.3. The Bertz CT molecular complexity index is 928. The van der Waals surface area contributed by atoms with Crippen molar-refractivity contribution in [2.24, 2.45) is 0 Å². The molecule has 4 rings (SSSR count). The third-order valence-corrected chi connectivity index (χ3v) is 5.30. The van der Waals surface area contributed by atoms with Gasteiger partial charge in [-0.3, -0.25) is 9.69 Å². The Morgan fingerprint density at radius 1 is 1.14 bits per heavy atom. The summed E-state index contributed by atoms with van der Waals surface area (Å²) in [5.41, 5.74) is 1.98. The normalized spacial score (nSPS) is 16.1. The van der Waals surface area contributed by atoms with Gasteiger partial charge in [-0.1, -0.05) is 25.1 Å². The lowest BCUT2D eigenvalue weighted by molar-refractivity contribution is 0.0517. The van der Waals surface area contributed by atoms with Gasteiger partial charge in [0.25, 0.3) is 5.91 Å². The predicted octanol–water partition coefficient (Wildman–Crippen LogP) is 2.66. The molecule has 0 spiro atoms. The summed E-state index contributed by atoms with van der Waals surface area (Å²) in [7, 11) is 0. The van der Waals surface area contributed by atoms with E-state index in [9.17, 15) is 9.90 Å². The Kier molecular flexibility index (Phi) is 5.78. The number of piperazine rings is 1. The number of hydrogen-bond donors (Lipinski definition) is 1. The van der Waals surface area contributed by atoms with Crippen molar-refractivity contribution in [1.29, 1.82) is 0 Å². The molecule has 1 fully saturated rings. The maximum Gasteiger partial charge on any atom is 0.272 e. The molecule has 7 heteroatoms. The fourth-order valence-electron chi connectivity index (χ4n) is 3.57. The van der Waals surface area contributed by atoms with Gasteiger partial charge in [0.05, 0.1) is 18.1 Å². The van der Waals surface area contributed by atoms with Gasteiger partial charge in [-0.05, 0) is 30.7 Å². The van der Waals surface area contributed by atoms with Crippen LogP contribution < -0.4 is 0 Å². The van der Waals surface area contributed by atoms with Gasteiger partial charge in [0.2, 0.25) is 0 Å². The minimum atomic E-state index is -0.312. The number of furan rings is 1. The van der Waals surface area contributed by atoms with Crippen molar-refractivity contribution in [3.8, 4) is 17.1 Å². The molecule has 1 N–H and O–H groups in total. The van der Waals surface area contributed by atoms with Gasteiger partial charge in [-0.25, -0.2) is 4.68 Å². The highest BCUT2D eigenvalue weighted by molar-refractivity contribution is 5.94. The molecule has 0 aliphatic carbocycles. The Morgan fingerprint density at radius 2 is 1.90 bits per heavy atom. The minimum Gasteiger partial charge on any atom is -0.463 e. The van der Waals surface area contributed by atoms with E-state index in [-0.39, 0.29) is 12.0 Å². The molecule has 29 heavy (non-hydrogen) atoms. The van der Waals surface area contributed by atoms with Crippen LogP contribution in [0.1, 0.15) is 23.8 Å². The van der Waals surface area contributed by atoms with Crippen molar-refractivity contribution in [3.63, 3.8) is 0 Å². The van der Waals surface area contributed by atoms with E-state index < -0.39 is 0 Å². The molecular formula is C22H26N4O3. The number of benzene rings is 1. The number of nitrogens with zero attached hydrogens (tertiary/aromatic N) is 4. The Hall–Kier alpha value is -2.90. The van der Waals surface area contributed by atoms with Gasteiger partial charge in [0.1, 0.15) is 11.4 Å². The molecular weight excluding hydrogens is 368 g/mol. The first-order valence-electron chi connectivity index (χ1n) is 10.0. The van der Waals surface area contributed by atoms with Crippen LogP contribution in [0, 0.1) is 0 Å². The second kappa shape index (κ2) is 8.63. The zero-order valence-electron chi connectivity index (χ0n) is 16.6. The van der Waals surface area contributed by atoms with Gasteiger partial charge in [0, 0.05) is 38.8 Å². The number of aliphatic hydroxyl groups excluding tert-OH is 1. The van der Waals surface area contributed by atoms with Crippen LogP contribution in [0.25, 0.3) is 17.1 Å². The quantitative estimate of drug-likeness (QED) is 0.696. The number of aliphatic hydroxyl groups is 1. The Labute approximate surface area is 170 Å². The van der Waals surface area contributed by atoms with Crippen molar-refractivity contribution in [3.05, 3.63) is 60.5 Å². The Morgan fingerprint density at radius 3 is 2.55 bits per heavy atom. The van der Waals surface area contributed by atoms with Crippen molar-refractivity contribution in [2.45, 2.75) is 19.4 Å². The third kappa shape index (κ3) is 4.26. The lowest BCUT2D eigenvalue weighted by Crippen LogP contribution is -2.50. The lowest BCUT2D eigenvalue weighted by Gasteiger charge is -2.35. The summed E-state index contributed by atoms with van der Waals surface area (Å²) in [6, 6.07) is 15.1. The van der Waals surface area contributed by atoms with E-state index in [2.05, 4.69) is 10.00 Å². The van der Waals surface area contributed by atoms with Crippen molar-refractivity contribution in [1.82, 2.24) is 19.6 Å². The average molecular weight is 394 g/mol. The van der Waals surface area contributed by atoms with Gasteiger partial charge in [0.15, 0.2) is 5.76 Å². The Balaban J connectivity index is 1.57. The summed E-state index contributed by atoms with van der Waals surface area (Å²) in [5, 5.41) is 14.5. The number of rotatable bonds is 6. The molecule has 1 aromatic carbocycles. The van der Waals surface area contributed by atoms with Crippen molar-refractivity contribution >= 4 is 5.91 Å². The molecule has 0 saturated carbocycles. The molecule has 3 heterocycles. The SMILES string of the molecule is CC[C@H](O)CN1CCN(C(=O)c2cc(-c3ccco3)nn2-c2ccccc2)CC1. The molecule has 0 radical (unpaired) electrons. The lowest BCUT2D eigenvalue weighted by atomic mass is 10.2. The van der Waals surface area contributed by atoms with E-state index in [4.69, 9.17) is 4.42 Å². The highest BCUT2D eigenvalue weighted by Crippen LogP contribution is 2.23. The predicted molar refractivity (Wildman–Crippen MR) is 110 cm³/mol. The van der Waals surface area contributed by atoms with Crippen LogP contribution in [0.3, 0.4) is 0 Å². The van der Waals surface area contributed by atoms with Gasteiger partial charge >= 0.3 is 0 Å². The summed E-state index contributed by atoms with van der Waals surface area (Å²) in [6.45, 7) is 5.41. The van der Waals surface area contributed by atoms with Crippen LogP contribution in [-0.2, 0) is 0 Å². The summed E-state index contributed by atoms with van der Waals surface area (Å²) >= 11 is 0. The summed E-state index contributed by atoms with van der Waals surface area (Å²) in [6.07, 6.45) is 2.03. The number of para-hydroxylation sites is 1. The van der Waals surface area contributed by atoms with E-state index in [0.717, 1.165) is 25.2 Å². The van der Waals surface area contributed by atoms with Crippen molar-refractivity contribution < 1.29 is 14.3 Å². The van der Waals surface area contributed by atoms with Crippen LogP contribution in [0.4, 0.5) is 0 Å². The zero-order valence-corrected chi connectivity index (χ0v) is 16.6. The number of aromatic nitrogens is 2. The standard InChI is InChI=1S/C22H26N4O3/c1-2-18(27)16-24-10-12-25(13-11-24)22(28)20-15-19(21-9-6-14-29-21)23-26(20)17-7-4-3-5-8-17/h3-9,14-15,18,27H,2,10-13,16H2,1H3/t18-/m0/s1.